The number of Topliss-reactive ketones (excluding diaryl/α,β-unsaturated/α-hetero) is 2. The van der Waals surface area contributed by atoms with Gasteiger partial charge >= 0.3 is 12.2 Å². The molecular formula is C51H64N4O8. The van der Waals surface area contributed by atoms with Crippen LogP contribution in [0.5, 0.6) is 0 Å². The lowest BCUT2D eigenvalue weighted by Crippen LogP contribution is -2.53. The van der Waals surface area contributed by atoms with E-state index >= 15 is 0 Å². The number of rotatable bonds is 14. The Bertz CT molecular complexity index is 2040. The third-order valence-electron chi connectivity index (χ3n) is 14.1. The predicted octanol–water partition coefficient (Wildman–Crippen LogP) is 7.65. The highest BCUT2D eigenvalue weighted by Gasteiger charge is 2.43. The molecule has 1 spiro atoms. The van der Waals surface area contributed by atoms with E-state index in [4.69, 9.17) is 9.47 Å². The number of methoxy groups -OCH3 is 2. The fourth-order valence-corrected chi connectivity index (χ4v) is 10.7. The monoisotopic (exact) mass is 860 g/mol. The Morgan fingerprint density at radius 3 is 1.32 bits per heavy atom. The molecule has 2 aliphatic carbocycles. The third kappa shape index (κ3) is 9.85. The van der Waals surface area contributed by atoms with Gasteiger partial charge in [0, 0.05) is 25.9 Å². The lowest BCUT2D eigenvalue weighted by atomic mass is 9.82. The molecule has 4 aliphatic rings. The van der Waals surface area contributed by atoms with Gasteiger partial charge in [-0.3, -0.25) is 19.2 Å². The number of amides is 4. The van der Waals surface area contributed by atoms with Crippen LogP contribution >= 0.6 is 0 Å². The van der Waals surface area contributed by atoms with E-state index in [1.54, 1.807) is 9.80 Å². The highest BCUT2D eigenvalue weighted by Crippen LogP contribution is 2.53. The van der Waals surface area contributed by atoms with Crippen molar-refractivity contribution in [1.82, 2.24) is 20.4 Å². The average Bonchev–Trinajstić information content (AvgIpc) is 4.12. The van der Waals surface area contributed by atoms with E-state index in [1.165, 1.54) is 62.2 Å². The van der Waals surface area contributed by atoms with Crippen molar-refractivity contribution in [2.24, 2.45) is 17.3 Å². The zero-order chi connectivity index (χ0) is 45.0. The van der Waals surface area contributed by atoms with E-state index < -0.39 is 36.4 Å². The number of carbonyl (C=O) groups excluding carboxylic acids is 6. The van der Waals surface area contributed by atoms with Crippen molar-refractivity contribution in [3.8, 4) is 22.3 Å². The first-order chi connectivity index (χ1) is 30.2. The van der Waals surface area contributed by atoms with Gasteiger partial charge in [-0.2, -0.15) is 0 Å². The van der Waals surface area contributed by atoms with Crippen LogP contribution in [-0.4, -0.2) is 96.8 Å². The molecule has 12 nitrogen and oxygen atoms in total. The minimum Gasteiger partial charge on any atom is -0.453 e. The number of hydrogen-bond donors (Lipinski definition) is 2. The third-order valence-corrected chi connectivity index (χ3v) is 14.1. The fraction of sp³-hybridized carbons (Fsp3) is 0.529. The number of likely N-dealkylation sites (tertiary alicyclic amines) is 2. The Hall–Kier alpha value is -5.52. The molecule has 3 fully saturated rings. The van der Waals surface area contributed by atoms with Crippen molar-refractivity contribution in [2.45, 2.75) is 129 Å². The largest absolute Gasteiger partial charge is 0.453 e. The molecule has 0 aromatic heterocycles. The topological polar surface area (TPSA) is 151 Å². The Labute approximate surface area is 371 Å². The summed E-state index contributed by atoms with van der Waals surface area (Å²) in [6.45, 7) is 8.42. The molecule has 2 N–H and O–H groups in total. The molecule has 336 valence electrons. The van der Waals surface area contributed by atoms with Gasteiger partial charge in [-0.25, -0.2) is 9.59 Å². The molecule has 0 unspecified atom stereocenters. The minimum absolute atomic E-state index is 0.00150. The zero-order valence-corrected chi connectivity index (χ0v) is 37.8. The standard InChI is InChI=1S/C51H64N4O8/c1-31(2)45(52-49(60)62-5)47(58)54-25-9-11-41(54)43(56)27-33-13-17-35(18-14-33)37-21-22-38(40-30-51(29-39(37)40)23-7-8-24-51)36-19-15-34(16-20-36)28-44(57)42-12-10-26-55(42)48(59)46(32(3)4)53-50(61)63-6/h13-22,31-32,41-42,45-46H,7-12,23-30H2,1-6H3,(H,52,60)(H,53,61)/t41-,42-,45-,46-/m0/s1. The van der Waals surface area contributed by atoms with Crippen LogP contribution in [0.25, 0.3) is 22.3 Å². The molecule has 1 saturated carbocycles. The Morgan fingerprint density at radius 1 is 0.587 bits per heavy atom. The van der Waals surface area contributed by atoms with Crippen molar-refractivity contribution in [3.63, 3.8) is 0 Å². The highest BCUT2D eigenvalue weighted by molar-refractivity contribution is 5.95. The number of alkyl carbamates (subject to hydrolysis) is 2. The van der Waals surface area contributed by atoms with E-state index in [-0.39, 0.29) is 53.5 Å². The SMILES string of the molecule is COC(=O)N[C@H](C(=O)N1CCC[C@H]1C(=O)Cc1ccc(-c2ccc(-c3ccc(CC(=O)[C@@H]4CCCN4C(=O)[C@@H](NC(=O)OC)C(C)C)cc3)c3c2CC2(CCCC2)C3)cc1)C(C)C. The summed E-state index contributed by atoms with van der Waals surface area (Å²) in [5.41, 5.74) is 9.53. The van der Waals surface area contributed by atoms with E-state index in [0.29, 0.717) is 25.9 Å². The van der Waals surface area contributed by atoms with Gasteiger partial charge in [0.05, 0.1) is 26.3 Å². The van der Waals surface area contributed by atoms with E-state index in [2.05, 4.69) is 47.0 Å². The van der Waals surface area contributed by atoms with Crippen LogP contribution in [-0.2, 0) is 54.3 Å². The maximum atomic E-state index is 13.7. The zero-order valence-electron chi connectivity index (χ0n) is 37.8. The van der Waals surface area contributed by atoms with Crippen molar-refractivity contribution < 1.29 is 38.2 Å². The first kappa shape index (κ1) is 45.5. The Kier molecular flexibility index (Phi) is 14.1. The van der Waals surface area contributed by atoms with Crippen LogP contribution in [0.2, 0.25) is 0 Å². The Morgan fingerprint density at radius 2 is 0.968 bits per heavy atom. The molecule has 63 heavy (non-hydrogen) atoms. The van der Waals surface area contributed by atoms with Gasteiger partial charge in [-0.05, 0) is 113 Å². The number of ketones is 2. The molecule has 7 rings (SSSR count). The number of nitrogens with zero attached hydrogens (tertiary/aromatic N) is 2. The molecule has 12 heteroatoms. The molecule has 3 aromatic carbocycles. The summed E-state index contributed by atoms with van der Waals surface area (Å²) in [5.74, 6) is -0.837. The minimum atomic E-state index is -0.770. The number of fused-ring (bicyclic) bond motifs is 1. The second-order valence-electron chi connectivity index (χ2n) is 19.0. The molecular weight excluding hydrogens is 797 g/mol. The molecule has 2 saturated heterocycles. The smallest absolute Gasteiger partial charge is 0.407 e. The van der Waals surface area contributed by atoms with Crippen LogP contribution in [0.15, 0.2) is 60.7 Å². The molecule has 2 heterocycles. The maximum Gasteiger partial charge on any atom is 0.407 e. The molecule has 0 bridgehead atoms. The van der Waals surface area contributed by atoms with Crippen LogP contribution in [0.1, 0.15) is 101 Å². The van der Waals surface area contributed by atoms with Crippen molar-refractivity contribution in [2.75, 3.05) is 27.3 Å². The Balaban J connectivity index is 1.05. The molecule has 2 aliphatic heterocycles. The normalized spacial score (nSPS) is 19.9. The second kappa shape index (κ2) is 19.5. The van der Waals surface area contributed by atoms with Crippen LogP contribution in [0, 0.1) is 17.3 Å². The number of hydrogen-bond acceptors (Lipinski definition) is 8. The quantitative estimate of drug-likeness (QED) is 0.168. The summed E-state index contributed by atoms with van der Waals surface area (Å²) < 4.78 is 9.50. The summed E-state index contributed by atoms with van der Waals surface area (Å²) in [5, 5.41) is 5.31. The summed E-state index contributed by atoms with van der Waals surface area (Å²) in [6.07, 6.45) is 8.79. The van der Waals surface area contributed by atoms with Gasteiger partial charge in [0.2, 0.25) is 11.8 Å². The van der Waals surface area contributed by atoms with Gasteiger partial charge < -0.3 is 29.9 Å². The van der Waals surface area contributed by atoms with Gasteiger partial charge in [0.1, 0.15) is 12.1 Å². The molecule has 4 atom stereocenters. The summed E-state index contributed by atoms with van der Waals surface area (Å²) in [6, 6.07) is 18.5. The first-order valence-corrected chi connectivity index (χ1v) is 22.9. The summed E-state index contributed by atoms with van der Waals surface area (Å²) in [4.78, 5) is 81.8. The number of ether oxygens (including phenoxy) is 2. The van der Waals surface area contributed by atoms with Crippen molar-refractivity contribution in [3.05, 3.63) is 82.9 Å². The highest BCUT2D eigenvalue weighted by atomic mass is 16.5. The lowest BCUT2D eigenvalue weighted by molar-refractivity contribution is -0.140. The lowest BCUT2D eigenvalue weighted by Gasteiger charge is -2.30. The van der Waals surface area contributed by atoms with Gasteiger partial charge in [0.25, 0.3) is 0 Å². The molecule has 3 aromatic rings. The van der Waals surface area contributed by atoms with E-state index in [0.717, 1.165) is 47.9 Å². The van der Waals surface area contributed by atoms with Crippen molar-refractivity contribution >= 4 is 35.6 Å². The number of carbonyl (C=O) groups is 6. The second-order valence-corrected chi connectivity index (χ2v) is 19.0. The number of nitrogens with one attached hydrogen (secondary N) is 2. The first-order valence-electron chi connectivity index (χ1n) is 22.9. The molecule has 4 amide bonds. The summed E-state index contributed by atoms with van der Waals surface area (Å²) in [7, 11) is 2.54. The van der Waals surface area contributed by atoms with E-state index in [1.807, 2.05) is 52.0 Å². The van der Waals surface area contributed by atoms with E-state index in [9.17, 15) is 28.8 Å². The van der Waals surface area contributed by atoms with Crippen LogP contribution in [0.3, 0.4) is 0 Å². The average molecular weight is 861 g/mol. The summed E-state index contributed by atoms with van der Waals surface area (Å²) >= 11 is 0. The van der Waals surface area contributed by atoms with Crippen molar-refractivity contribution in [1.29, 1.82) is 0 Å². The van der Waals surface area contributed by atoms with Crippen LogP contribution < -0.4 is 10.6 Å². The van der Waals surface area contributed by atoms with Gasteiger partial charge in [-0.1, -0.05) is 101 Å². The molecule has 0 radical (unpaired) electrons. The number of benzene rings is 3. The van der Waals surface area contributed by atoms with Gasteiger partial charge in [-0.15, -0.1) is 0 Å². The maximum absolute atomic E-state index is 13.7. The fourth-order valence-electron chi connectivity index (χ4n) is 10.7. The predicted molar refractivity (Wildman–Crippen MR) is 241 cm³/mol. The van der Waals surface area contributed by atoms with Crippen LogP contribution in [0.4, 0.5) is 9.59 Å². The van der Waals surface area contributed by atoms with Gasteiger partial charge in [0.15, 0.2) is 11.6 Å².